The number of piperidine rings is 1. The van der Waals surface area contributed by atoms with Crippen molar-refractivity contribution in [3.63, 3.8) is 0 Å². The highest BCUT2D eigenvalue weighted by Gasteiger charge is 2.17. The van der Waals surface area contributed by atoms with Crippen molar-refractivity contribution in [2.24, 2.45) is 0 Å². The van der Waals surface area contributed by atoms with Crippen molar-refractivity contribution >= 4 is 0 Å². The molecule has 0 bridgehead atoms. The van der Waals surface area contributed by atoms with Gasteiger partial charge < -0.3 is 15.1 Å². The molecule has 0 radical (unpaired) electrons. The quantitative estimate of drug-likeness (QED) is 0.815. The molecule has 1 aromatic rings. The summed E-state index contributed by atoms with van der Waals surface area (Å²) in [6.45, 7) is 5.71. The maximum Gasteiger partial charge on any atom is 0.105 e. The molecule has 1 saturated heterocycles. The van der Waals surface area contributed by atoms with Crippen molar-refractivity contribution < 1.29 is 4.42 Å². The first-order valence-electron chi connectivity index (χ1n) is 7.26. The molecule has 3 nitrogen and oxygen atoms in total. The Morgan fingerprint density at radius 3 is 2.94 bits per heavy atom. The van der Waals surface area contributed by atoms with Gasteiger partial charge in [-0.2, -0.15) is 0 Å². The highest BCUT2D eigenvalue weighted by Crippen LogP contribution is 2.12. The topological polar surface area (TPSA) is 37.2 Å². The number of hydrogen-bond donors (Lipinski definition) is 2. The predicted molar refractivity (Wildman–Crippen MR) is 74.7 cm³/mol. The minimum atomic E-state index is 0.467. The first-order valence-corrected chi connectivity index (χ1v) is 7.26. The van der Waals surface area contributed by atoms with Crippen LogP contribution in [0.4, 0.5) is 0 Å². The zero-order valence-electron chi connectivity index (χ0n) is 11.6. The third-order valence-corrected chi connectivity index (χ3v) is 3.71. The first kappa shape index (κ1) is 13.6. The van der Waals surface area contributed by atoms with E-state index in [1.807, 2.05) is 12.1 Å². The van der Waals surface area contributed by atoms with Gasteiger partial charge in [0.15, 0.2) is 0 Å². The average Bonchev–Trinajstić information content (AvgIpc) is 2.82. The summed E-state index contributed by atoms with van der Waals surface area (Å²) in [5, 5.41) is 7.28. The smallest absolute Gasteiger partial charge is 0.105 e. The SMILES string of the molecule is CC(Cc1ccco1)NC(C)CC1CCCCN1. The molecule has 18 heavy (non-hydrogen) atoms. The standard InChI is InChI=1S/C15H26N2O/c1-12(10-14-6-3-4-8-16-14)17-13(2)11-15-7-5-9-18-15/h5,7,9,12-14,16-17H,3-4,6,8,10-11H2,1-2H3. The zero-order valence-corrected chi connectivity index (χ0v) is 11.6. The number of furan rings is 1. The Hall–Kier alpha value is -0.800. The Morgan fingerprint density at radius 2 is 2.28 bits per heavy atom. The molecule has 3 heteroatoms. The Morgan fingerprint density at radius 1 is 1.39 bits per heavy atom. The summed E-state index contributed by atoms with van der Waals surface area (Å²) in [5.41, 5.74) is 0. The van der Waals surface area contributed by atoms with Crippen LogP contribution in [0.3, 0.4) is 0 Å². The second-order valence-electron chi connectivity index (χ2n) is 5.63. The van der Waals surface area contributed by atoms with Gasteiger partial charge in [0.1, 0.15) is 5.76 Å². The third kappa shape index (κ3) is 4.46. The first-order chi connectivity index (χ1) is 8.74. The van der Waals surface area contributed by atoms with Crippen molar-refractivity contribution in [1.82, 2.24) is 10.6 Å². The second-order valence-corrected chi connectivity index (χ2v) is 5.63. The normalized spacial score (nSPS) is 23.8. The van der Waals surface area contributed by atoms with Crippen molar-refractivity contribution in [1.29, 1.82) is 0 Å². The van der Waals surface area contributed by atoms with Crippen LogP contribution in [0.5, 0.6) is 0 Å². The van der Waals surface area contributed by atoms with E-state index in [-0.39, 0.29) is 0 Å². The summed E-state index contributed by atoms with van der Waals surface area (Å²) in [4.78, 5) is 0. The average molecular weight is 250 g/mol. The molecule has 102 valence electrons. The monoisotopic (exact) mass is 250 g/mol. The second kappa shape index (κ2) is 6.95. The minimum absolute atomic E-state index is 0.467. The largest absolute Gasteiger partial charge is 0.469 e. The van der Waals surface area contributed by atoms with Gasteiger partial charge in [-0.1, -0.05) is 6.42 Å². The highest BCUT2D eigenvalue weighted by atomic mass is 16.3. The third-order valence-electron chi connectivity index (χ3n) is 3.71. The summed E-state index contributed by atoms with van der Waals surface area (Å²) in [5.74, 6) is 1.07. The molecule has 2 rings (SSSR count). The van der Waals surface area contributed by atoms with E-state index in [4.69, 9.17) is 4.42 Å². The lowest BCUT2D eigenvalue weighted by molar-refractivity contribution is 0.328. The fraction of sp³-hybridized carbons (Fsp3) is 0.733. The van der Waals surface area contributed by atoms with Crippen LogP contribution >= 0.6 is 0 Å². The lowest BCUT2D eigenvalue weighted by atomic mass is 9.98. The van der Waals surface area contributed by atoms with Crippen LogP contribution in [-0.2, 0) is 6.42 Å². The van der Waals surface area contributed by atoms with Gasteiger partial charge in [-0.05, 0) is 51.8 Å². The van der Waals surface area contributed by atoms with E-state index >= 15 is 0 Å². The Balaban J connectivity index is 1.67. The number of nitrogens with one attached hydrogen (secondary N) is 2. The van der Waals surface area contributed by atoms with E-state index in [1.165, 1.54) is 32.2 Å². The van der Waals surface area contributed by atoms with E-state index in [0.29, 0.717) is 18.1 Å². The Labute approximate surface area is 110 Å². The van der Waals surface area contributed by atoms with Crippen LogP contribution in [0.25, 0.3) is 0 Å². The molecular weight excluding hydrogens is 224 g/mol. The van der Waals surface area contributed by atoms with Gasteiger partial charge in [0.05, 0.1) is 6.26 Å². The Bertz CT molecular complexity index is 317. The van der Waals surface area contributed by atoms with E-state index in [1.54, 1.807) is 6.26 Å². The molecule has 2 N–H and O–H groups in total. The molecule has 0 amide bonds. The molecule has 1 aliphatic heterocycles. The molecule has 3 atom stereocenters. The van der Waals surface area contributed by atoms with Gasteiger partial charge in [-0.15, -0.1) is 0 Å². The maximum absolute atomic E-state index is 5.38. The van der Waals surface area contributed by atoms with E-state index in [0.717, 1.165) is 12.2 Å². The van der Waals surface area contributed by atoms with E-state index in [9.17, 15) is 0 Å². The molecule has 2 heterocycles. The highest BCUT2D eigenvalue weighted by molar-refractivity contribution is 5.00. The van der Waals surface area contributed by atoms with Crippen LogP contribution in [0.15, 0.2) is 22.8 Å². The molecule has 3 unspecified atom stereocenters. The summed E-state index contributed by atoms with van der Waals surface area (Å²) in [6.07, 6.45) is 7.99. The van der Waals surface area contributed by atoms with Crippen LogP contribution in [0.2, 0.25) is 0 Å². The van der Waals surface area contributed by atoms with Crippen molar-refractivity contribution in [3.8, 4) is 0 Å². The summed E-state index contributed by atoms with van der Waals surface area (Å²) < 4.78 is 5.38. The Kier molecular flexibility index (Phi) is 5.26. The van der Waals surface area contributed by atoms with Crippen molar-refractivity contribution in [2.45, 2.75) is 64.1 Å². The van der Waals surface area contributed by atoms with Gasteiger partial charge in [-0.3, -0.25) is 0 Å². The zero-order chi connectivity index (χ0) is 12.8. The van der Waals surface area contributed by atoms with E-state index < -0.39 is 0 Å². The number of hydrogen-bond acceptors (Lipinski definition) is 3. The van der Waals surface area contributed by atoms with Crippen LogP contribution in [0, 0.1) is 0 Å². The van der Waals surface area contributed by atoms with Gasteiger partial charge in [0, 0.05) is 24.5 Å². The van der Waals surface area contributed by atoms with Crippen LogP contribution < -0.4 is 10.6 Å². The fourth-order valence-corrected chi connectivity index (χ4v) is 2.90. The lowest BCUT2D eigenvalue weighted by Gasteiger charge is -2.28. The van der Waals surface area contributed by atoms with Crippen LogP contribution in [-0.4, -0.2) is 24.7 Å². The van der Waals surface area contributed by atoms with Gasteiger partial charge >= 0.3 is 0 Å². The van der Waals surface area contributed by atoms with Gasteiger partial charge in [0.2, 0.25) is 0 Å². The van der Waals surface area contributed by atoms with E-state index in [2.05, 4.69) is 24.5 Å². The van der Waals surface area contributed by atoms with Gasteiger partial charge in [-0.25, -0.2) is 0 Å². The van der Waals surface area contributed by atoms with Crippen LogP contribution in [0.1, 0.15) is 45.3 Å². The van der Waals surface area contributed by atoms with Crippen molar-refractivity contribution in [3.05, 3.63) is 24.2 Å². The molecule has 0 saturated carbocycles. The minimum Gasteiger partial charge on any atom is -0.469 e. The molecule has 0 aromatic carbocycles. The molecule has 1 aliphatic rings. The number of rotatable bonds is 6. The summed E-state index contributed by atoms with van der Waals surface area (Å²) in [7, 11) is 0. The molecule has 1 aromatic heterocycles. The lowest BCUT2D eigenvalue weighted by Crippen LogP contribution is -2.42. The predicted octanol–water partition coefficient (Wildman–Crippen LogP) is 2.72. The molecule has 0 spiro atoms. The summed E-state index contributed by atoms with van der Waals surface area (Å²) >= 11 is 0. The molecule has 0 aliphatic carbocycles. The summed E-state index contributed by atoms with van der Waals surface area (Å²) in [6, 6.07) is 5.74. The molecular formula is C15H26N2O. The fourth-order valence-electron chi connectivity index (χ4n) is 2.90. The van der Waals surface area contributed by atoms with Gasteiger partial charge in [0.25, 0.3) is 0 Å². The maximum atomic E-state index is 5.38. The molecule has 1 fully saturated rings. The van der Waals surface area contributed by atoms with Crippen molar-refractivity contribution in [2.75, 3.05) is 6.54 Å².